The highest BCUT2D eigenvalue weighted by Crippen LogP contribution is 2.21. The first-order chi connectivity index (χ1) is 11.9. The zero-order valence-corrected chi connectivity index (χ0v) is 15.4. The van der Waals surface area contributed by atoms with E-state index < -0.39 is 18.1 Å². The normalized spacial score (nSPS) is 13.1. The van der Waals surface area contributed by atoms with Crippen molar-refractivity contribution in [3.63, 3.8) is 0 Å². The lowest BCUT2D eigenvalue weighted by molar-refractivity contribution is -0.133. The Kier molecular flexibility index (Phi) is 6.66. The van der Waals surface area contributed by atoms with E-state index in [0.717, 1.165) is 17.0 Å². The largest absolute Gasteiger partial charge is 0.378 e. The first-order valence-corrected chi connectivity index (χ1v) is 9.02. The Morgan fingerprint density at radius 2 is 1.88 bits per heavy atom. The molecule has 0 spiro atoms. The maximum atomic E-state index is 12.5. The Balaban J connectivity index is 2.03. The molecule has 2 atom stereocenters. The summed E-state index contributed by atoms with van der Waals surface area (Å²) in [5.41, 5.74) is 1.36. The van der Waals surface area contributed by atoms with Crippen molar-refractivity contribution in [2.75, 3.05) is 5.32 Å². The molecule has 0 aliphatic heterocycles. The Bertz CT molecular complexity index is 711. The molecule has 134 valence electrons. The summed E-state index contributed by atoms with van der Waals surface area (Å²) in [6.45, 7) is 5.74. The van der Waals surface area contributed by atoms with Crippen LogP contribution >= 0.6 is 11.3 Å². The van der Waals surface area contributed by atoms with Crippen LogP contribution in [0.3, 0.4) is 0 Å². The van der Waals surface area contributed by atoms with Gasteiger partial charge in [-0.25, -0.2) is 4.98 Å². The van der Waals surface area contributed by atoms with Crippen molar-refractivity contribution in [1.29, 1.82) is 0 Å². The molecule has 0 bridgehead atoms. The number of carbonyl (C=O) groups is 2. The molecule has 2 rings (SSSR count). The van der Waals surface area contributed by atoms with Gasteiger partial charge >= 0.3 is 0 Å². The van der Waals surface area contributed by atoms with Gasteiger partial charge in [-0.05, 0) is 25.8 Å². The second-order valence-electron chi connectivity index (χ2n) is 5.81. The van der Waals surface area contributed by atoms with Gasteiger partial charge in [0.05, 0.1) is 5.69 Å². The van der Waals surface area contributed by atoms with E-state index in [1.807, 2.05) is 20.8 Å². The van der Waals surface area contributed by atoms with Gasteiger partial charge in [-0.15, -0.1) is 11.3 Å². The van der Waals surface area contributed by atoms with Crippen molar-refractivity contribution in [1.82, 2.24) is 10.3 Å². The first-order valence-electron chi connectivity index (χ1n) is 8.20. The molecule has 1 aromatic carbocycles. The lowest BCUT2D eigenvalue weighted by Crippen LogP contribution is -2.45. The van der Waals surface area contributed by atoms with Gasteiger partial charge in [0.15, 0.2) is 11.2 Å². The van der Waals surface area contributed by atoms with Gasteiger partial charge < -0.3 is 15.7 Å². The maximum absolute atomic E-state index is 12.5. The fourth-order valence-electron chi connectivity index (χ4n) is 2.31. The molecule has 6 nitrogen and oxygen atoms in total. The molecule has 0 aliphatic rings. The molecule has 3 N–H and O–H groups in total. The Labute approximate surface area is 151 Å². The van der Waals surface area contributed by atoms with E-state index in [1.54, 1.807) is 30.3 Å². The number of aryl methyl sites for hydroxylation is 2. The van der Waals surface area contributed by atoms with Gasteiger partial charge in [0.1, 0.15) is 6.04 Å². The van der Waals surface area contributed by atoms with E-state index in [0.29, 0.717) is 17.1 Å². The molecule has 7 heteroatoms. The van der Waals surface area contributed by atoms with E-state index in [1.165, 1.54) is 11.3 Å². The number of anilines is 1. The first kappa shape index (κ1) is 19.1. The quantitative estimate of drug-likeness (QED) is 0.707. The average Bonchev–Trinajstić information content (AvgIpc) is 2.91. The van der Waals surface area contributed by atoms with Crippen LogP contribution in [-0.4, -0.2) is 27.9 Å². The van der Waals surface area contributed by atoms with Gasteiger partial charge in [0, 0.05) is 4.88 Å². The molecule has 2 aromatic rings. The van der Waals surface area contributed by atoms with Crippen molar-refractivity contribution in [2.24, 2.45) is 0 Å². The number of nitrogens with one attached hydrogen (secondary N) is 2. The second-order valence-corrected chi connectivity index (χ2v) is 7.02. The van der Waals surface area contributed by atoms with Crippen LogP contribution < -0.4 is 10.6 Å². The fourth-order valence-corrected chi connectivity index (χ4v) is 3.13. The summed E-state index contributed by atoms with van der Waals surface area (Å²) in [7, 11) is 0. The third-order valence-electron chi connectivity index (χ3n) is 3.83. The zero-order chi connectivity index (χ0) is 18.4. The average molecular weight is 361 g/mol. The molecule has 0 saturated carbocycles. The van der Waals surface area contributed by atoms with Gasteiger partial charge in [-0.1, -0.05) is 43.7 Å². The second kappa shape index (κ2) is 8.73. The minimum Gasteiger partial charge on any atom is -0.378 e. The molecule has 25 heavy (non-hydrogen) atoms. The van der Waals surface area contributed by atoms with Gasteiger partial charge in [-0.2, -0.15) is 0 Å². The van der Waals surface area contributed by atoms with Crippen LogP contribution in [0.15, 0.2) is 30.3 Å². The van der Waals surface area contributed by atoms with Gasteiger partial charge in [0.2, 0.25) is 5.91 Å². The summed E-state index contributed by atoms with van der Waals surface area (Å²) >= 11 is 1.40. The maximum Gasteiger partial charge on any atom is 0.254 e. The molecule has 1 heterocycles. The van der Waals surface area contributed by atoms with Crippen molar-refractivity contribution >= 4 is 28.3 Å². The predicted octanol–water partition coefficient (Wildman–Crippen LogP) is 2.72. The van der Waals surface area contributed by atoms with Crippen molar-refractivity contribution < 1.29 is 14.7 Å². The van der Waals surface area contributed by atoms with Crippen LogP contribution in [0.4, 0.5) is 5.13 Å². The lowest BCUT2D eigenvalue weighted by Gasteiger charge is -2.19. The minimum absolute atomic E-state index is 0.329. The molecule has 2 unspecified atom stereocenters. The number of carbonyl (C=O) groups excluding carboxylic acids is 2. The predicted molar refractivity (Wildman–Crippen MR) is 98.5 cm³/mol. The third-order valence-corrected chi connectivity index (χ3v) is 4.82. The lowest BCUT2D eigenvalue weighted by atomic mass is 10.1. The van der Waals surface area contributed by atoms with Crippen molar-refractivity contribution in [3.05, 3.63) is 46.5 Å². The standard InChI is InChI=1S/C18H23N3O3S/c1-4-8-14(16(23)21-18-19-11(2)12(3)25-18)20-17(24)15(22)13-9-6-5-7-10-13/h5-7,9-10,14-15,22H,4,8H2,1-3H3,(H,20,24)(H,19,21,23). The number of aromatic nitrogens is 1. The van der Waals surface area contributed by atoms with Crippen LogP contribution in [-0.2, 0) is 9.59 Å². The highest BCUT2D eigenvalue weighted by Gasteiger charge is 2.25. The van der Waals surface area contributed by atoms with Gasteiger partial charge in [0.25, 0.3) is 5.91 Å². The van der Waals surface area contributed by atoms with Crippen molar-refractivity contribution in [3.8, 4) is 0 Å². The number of hydrogen-bond acceptors (Lipinski definition) is 5. The Morgan fingerprint density at radius 1 is 1.20 bits per heavy atom. The minimum atomic E-state index is -1.31. The molecule has 0 fully saturated rings. The number of nitrogens with zero attached hydrogens (tertiary/aromatic N) is 1. The highest BCUT2D eigenvalue weighted by molar-refractivity contribution is 7.15. The topological polar surface area (TPSA) is 91.3 Å². The number of rotatable bonds is 7. The summed E-state index contributed by atoms with van der Waals surface area (Å²) in [5, 5.41) is 16.1. The molecular formula is C18H23N3O3S. The highest BCUT2D eigenvalue weighted by atomic mass is 32.1. The molecule has 2 amide bonds. The Morgan fingerprint density at radius 3 is 2.44 bits per heavy atom. The molecule has 0 saturated heterocycles. The number of amides is 2. The van der Waals surface area contributed by atoms with E-state index >= 15 is 0 Å². The summed E-state index contributed by atoms with van der Waals surface area (Å²) < 4.78 is 0. The van der Waals surface area contributed by atoms with Crippen LogP contribution in [0.1, 0.15) is 42.0 Å². The fraction of sp³-hybridized carbons (Fsp3) is 0.389. The van der Waals surface area contributed by atoms with Crippen LogP contribution in [0.5, 0.6) is 0 Å². The number of benzene rings is 1. The third kappa shape index (κ3) is 5.11. The molecule has 1 aromatic heterocycles. The van der Waals surface area contributed by atoms with E-state index in [4.69, 9.17) is 0 Å². The molecule has 0 aliphatic carbocycles. The van der Waals surface area contributed by atoms with Gasteiger partial charge in [-0.3, -0.25) is 9.59 Å². The monoisotopic (exact) mass is 361 g/mol. The molecule has 0 radical (unpaired) electrons. The van der Waals surface area contributed by atoms with Crippen LogP contribution in [0, 0.1) is 13.8 Å². The number of aliphatic hydroxyl groups is 1. The summed E-state index contributed by atoms with van der Waals surface area (Å²) in [6.07, 6.45) is -0.115. The zero-order valence-electron chi connectivity index (χ0n) is 14.6. The van der Waals surface area contributed by atoms with E-state index in [-0.39, 0.29) is 5.91 Å². The van der Waals surface area contributed by atoms with E-state index in [9.17, 15) is 14.7 Å². The number of aliphatic hydroxyl groups excluding tert-OH is 1. The summed E-state index contributed by atoms with van der Waals surface area (Å²) in [5.74, 6) is -0.921. The summed E-state index contributed by atoms with van der Waals surface area (Å²) in [4.78, 5) is 30.1. The summed E-state index contributed by atoms with van der Waals surface area (Å²) in [6, 6.07) is 7.91. The Hall–Kier alpha value is -2.25. The number of hydrogen-bond donors (Lipinski definition) is 3. The number of thiazole rings is 1. The smallest absolute Gasteiger partial charge is 0.254 e. The SMILES string of the molecule is CCCC(NC(=O)C(O)c1ccccc1)C(=O)Nc1nc(C)c(C)s1. The van der Waals surface area contributed by atoms with Crippen molar-refractivity contribution in [2.45, 2.75) is 45.8 Å². The van der Waals surface area contributed by atoms with Crippen LogP contribution in [0.2, 0.25) is 0 Å². The van der Waals surface area contributed by atoms with E-state index in [2.05, 4.69) is 15.6 Å². The van der Waals surface area contributed by atoms with Crippen LogP contribution in [0.25, 0.3) is 0 Å². The molecular weight excluding hydrogens is 338 g/mol.